The third kappa shape index (κ3) is 3.00. The summed E-state index contributed by atoms with van der Waals surface area (Å²) >= 11 is 9.52. The van der Waals surface area contributed by atoms with Gasteiger partial charge in [0.05, 0.1) is 11.9 Å². The van der Waals surface area contributed by atoms with E-state index in [-0.39, 0.29) is 14.4 Å². The fourth-order valence-corrected chi connectivity index (χ4v) is 3.97. The maximum Gasteiger partial charge on any atom is 0.273 e. The van der Waals surface area contributed by atoms with Gasteiger partial charge in [-0.25, -0.2) is 17.8 Å². The van der Waals surface area contributed by atoms with Crippen LogP contribution in [0.25, 0.3) is 0 Å². The first-order valence-electron chi connectivity index (χ1n) is 4.48. The van der Waals surface area contributed by atoms with Crippen molar-refractivity contribution in [2.24, 2.45) is 0 Å². The lowest BCUT2D eigenvalue weighted by atomic mass is 10.3. The molecule has 1 aromatic carbocycles. The average Bonchev–Trinajstić information content (AvgIpc) is 2.71. The molecule has 9 heteroatoms. The van der Waals surface area contributed by atoms with Crippen LogP contribution in [0.3, 0.4) is 0 Å². The maximum absolute atomic E-state index is 13.0. The summed E-state index contributed by atoms with van der Waals surface area (Å²) in [6.45, 7) is 0. The first-order chi connectivity index (χ1) is 8.38. The van der Waals surface area contributed by atoms with Gasteiger partial charge >= 0.3 is 0 Å². The molecule has 0 aliphatic carbocycles. The van der Waals surface area contributed by atoms with Gasteiger partial charge in [0.15, 0.2) is 8.68 Å². The van der Waals surface area contributed by atoms with E-state index in [0.717, 1.165) is 23.6 Å². The normalized spacial score (nSPS) is 11.5. The summed E-state index contributed by atoms with van der Waals surface area (Å²) in [4.78, 5) is 3.64. The molecular formula is C9H5BrClFN2O2S2. The van der Waals surface area contributed by atoms with Gasteiger partial charge in [0, 0.05) is 4.47 Å². The van der Waals surface area contributed by atoms with Crippen LogP contribution in [0.2, 0.25) is 4.47 Å². The summed E-state index contributed by atoms with van der Waals surface area (Å²) in [5, 5.41) is 0. The first kappa shape index (κ1) is 13.7. The van der Waals surface area contributed by atoms with E-state index in [4.69, 9.17) is 11.6 Å². The molecule has 18 heavy (non-hydrogen) atoms. The second-order valence-electron chi connectivity index (χ2n) is 3.16. The van der Waals surface area contributed by atoms with Gasteiger partial charge in [-0.15, -0.1) is 0 Å². The molecule has 2 aromatic rings. The Labute approximate surface area is 120 Å². The van der Waals surface area contributed by atoms with Crippen molar-refractivity contribution in [3.63, 3.8) is 0 Å². The zero-order chi connectivity index (χ0) is 13.3. The minimum Gasteiger partial charge on any atom is -0.278 e. The number of rotatable bonds is 3. The van der Waals surface area contributed by atoms with E-state index in [0.29, 0.717) is 4.47 Å². The van der Waals surface area contributed by atoms with Crippen LogP contribution in [-0.4, -0.2) is 13.4 Å². The maximum atomic E-state index is 13.0. The third-order valence-electron chi connectivity index (χ3n) is 1.89. The fourth-order valence-electron chi connectivity index (χ4n) is 1.13. The summed E-state index contributed by atoms with van der Waals surface area (Å²) < 4.78 is 39.7. The Balaban J connectivity index is 2.36. The van der Waals surface area contributed by atoms with Crippen molar-refractivity contribution in [1.29, 1.82) is 0 Å². The van der Waals surface area contributed by atoms with Crippen LogP contribution in [0.5, 0.6) is 0 Å². The van der Waals surface area contributed by atoms with Gasteiger partial charge in [-0.2, -0.15) is 0 Å². The molecule has 0 spiro atoms. The summed E-state index contributed by atoms with van der Waals surface area (Å²) in [5.74, 6) is -0.543. The zero-order valence-corrected chi connectivity index (χ0v) is 12.5. The lowest BCUT2D eigenvalue weighted by Crippen LogP contribution is -2.12. The number of hydrogen-bond acceptors (Lipinski definition) is 4. The lowest BCUT2D eigenvalue weighted by molar-refractivity contribution is 0.602. The van der Waals surface area contributed by atoms with Crippen LogP contribution < -0.4 is 4.72 Å². The smallest absolute Gasteiger partial charge is 0.273 e. The van der Waals surface area contributed by atoms with Crippen LogP contribution in [0.1, 0.15) is 0 Å². The number of hydrogen-bond donors (Lipinski definition) is 1. The molecule has 1 heterocycles. The summed E-state index contributed by atoms with van der Waals surface area (Å²) in [5.41, 5.74) is 0.111. The molecule has 1 N–H and O–H groups in total. The molecule has 96 valence electrons. The van der Waals surface area contributed by atoms with Crippen LogP contribution in [-0.2, 0) is 10.0 Å². The number of aromatic nitrogens is 1. The van der Waals surface area contributed by atoms with E-state index in [2.05, 4.69) is 25.6 Å². The van der Waals surface area contributed by atoms with Crippen molar-refractivity contribution in [3.8, 4) is 0 Å². The predicted octanol–water partition coefficient (Wildman–Crippen LogP) is 3.50. The molecule has 0 radical (unpaired) electrons. The second kappa shape index (κ2) is 5.12. The molecule has 0 saturated heterocycles. The van der Waals surface area contributed by atoms with Gasteiger partial charge < -0.3 is 0 Å². The number of nitrogens with one attached hydrogen (secondary N) is 1. The van der Waals surface area contributed by atoms with Crippen LogP contribution in [0.4, 0.5) is 10.1 Å². The topological polar surface area (TPSA) is 59.1 Å². The quantitative estimate of drug-likeness (QED) is 0.898. The van der Waals surface area contributed by atoms with Crippen LogP contribution in [0, 0.1) is 5.82 Å². The standard InChI is InChI=1S/C9H5BrClFN2O2S2/c10-6-2-1-5(12)3-7(6)14-18(15,16)8-4-13-9(11)17-8/h1-4,14H. The molecule has 0 saturated carbocycles. The van der Waals surface area contributed by atoms with E-state index in [1.165, 1.54) is 12.1 Å². The van der Waals surface area contributed by atoms with E-state index in [1.54, 1.807) is 0 Å². The van der Waals surface area contributed by atoms with Crippen molar-refractivity contribution in [2.75, 3.05) is 4.72 Å². The Morgan fingerprint density at radius 1 is 1.44 bits per heavy atom. The zero-order valence-electron chi connectivity index (χ0n) is 8.52. The number of anilines is 1. The monoisotopic (exact) mass is 370 g/mol. The van der Waals surface area contributed by atoms with Gasteiger partial charge in [0.25, 0.3) is 10.0 Å². The predicted molar refractivity (Wildman–Crippen MR) is 72.0 cm³/mol. The molecular weight excluding hydrogens is 367 g/mol. The Morgan fingerprint density at radius 2 is 2.17 bits per heavy atom. The van der Waals surface area contributed by atoms with Gasteiger partial charge in [0.2, 0.25) is 0 Å². The highest BCUT2D eigenvalue weighted by Crippen LogP contribution is 2.28. The van der Waals surface area contributed by atoms with Gasteiger partial charge in [-0.05, 0) is 34.1 Å². The number of halogens is 3. The fraction of sp³-hybridized carbons (Fsp3) is 0. The molecule has 4 nitrogen and oxygen atoms in total. The second-order valence-corrected chi connectivity index (χ2v) is 7.54. The Kier molecular flexibility index (Phi) is 3.90. The van der Waals surface area contributed by atoms with E-state index in [9.17, 15) is 12.8 Å². The molecule has 1 aromatic heterocycles. The van der Waals surface area contributed by atoms with Gasteiger partial charge in [-0.3, -0.25) is 4.72 Å². The highest BCUT2D eigenvalue weighted by Gasteiger charge is 2.19. The van der Waals surface area contributed by atoms with E-state index in [1.807, 2.05) is 0 Å². The van der Waals surface area contributed by atoms with Crippen molar-refractivity contribution in [3.05, 3.63) is 39.2 Å². The molecule has 0 amide bonds. The summed E-state index contributed by atoms with van der Waals surface area (Å²) in [6, 6.07) is 3.70. The number of thiazole rings is 1. The Hall–Kier alpha value is -0.700. The van der Waals surface area contributed by atoms with Crippen LogP contribution >= 0.6 is 38.9 Å². The van der Waals surface area contributed by atoms with Crippen molar-refractivity contribution in [1.82, 2.24) is 4.98 Å². The Bertz CT molecular complexity index is 690. The third-order valence-corrected chi connectivity index (χ3v) is 5.53. The van der Waals surface area contributed by atoms with Crippen molar-refractivity contribution in [2.45, 2.75) is 4.21 Å². The van der Waals surface area contributed by atoms with Crippen molar-refractivity contribution < 1.29 is 12.8 Å². The number of sulfonamides is 1. The van der Waals surface area contributed by atoms with Gasteiger partial charge in [-0.1, -0.05) is 22.9 Å². The minimum absolute atomic E-state index is 0.0383. The molecule has 0 aliphatic rings. The molecule has 0 aliphatic heterocycles. The molecule has 0 bridgehead atoms. The summed E-state index contributed by atoms with van der Waals surface area (Å²) in [7, 11) is -3.81. The minimum atomic E-state index is -3.81. The van der Waals surface area contributed by atoms with Crippen LogP contribution in [0.15, 0.2) is 33.1 Å². The number of benzene rings is 1. The first-order valence-corrected chi connectivity index (χ1v) is 7.95. The van der Waals surface area contributed by atoms with Crippen molar-refractivity contribution >= 4 is 54.6 Å². The van der Waals surface area contributed by atoms with Gasteiger partial charge in [0.1, 0.15) is 5.82 Å². The number of nitrogens with zero attached hydrogens (tertiary/aromatic N) is 1. The summed E-state index contributed by atoms with van der Waals surface area (Å²) in [6.07, 6.45) is 1.14. The molecule has 0 atom stereocenters. The molecule has 0 fully saturated rings. The van der Waals surface area contributed by atoms with E-state index < -0.39 is 15.8 Å². The largest absolute Gasteiger partial charge is 0.278 e. The SMILES string of the molecule is O=S(=O)(Nc1cc(F)ccc1Br)c1cnc(Cl)s1. The highest BCUT2D eigenvalue weighted by molar-refractivity contribution is 9.10. The Morgan fingerprint density at radius 3 is 2.78 bits per heavy atom. The highest BCUT2D eigenvalue weighted by atomic mass is 79.9. The average molecular weight is 372 g/mol. The molecule has 2 rings (SSSR count). The van der Waals surface area contributed by atoms with E-state index >= 15 is 0 Å². The lowest BCUT2D eigenvalue weighted by Gasteiger charge is -2.07. The molecule has 0 unspecified atom stereocenters.